The molecule has 3 aromatic rings. The summed E-state index contributed by atoms with van der Waals surface area (Å²) in [4.78, 5) is 44.5. The summed E-state index contributed by atoms with van der Waals surface area (Å²) >= 11 is 0. The van der Waals surface area contributed by atoms with Crippen LogP contribution in [0, 0.1) is 18.7 Å². The molecule has 0 radical (unpaired) electrons. The van der Waals surface area contributed by atoms with Crippen LogP contribution in [0.1, 0.15) is 36.8 Å². The second-order valence-electron chi connectivity index (χ2n) is 11.2. The van der Waals surface area contributed by atoms with E-state index in [0.717, 1.165) is 48.2 Å². The number of nitrogens with zero attached hydrogens (tertiary/aromatic N) is 3. The van der Waals surface area contributed by atoms with Crippen LogP contribution in [0.3, 0.4) is 0 Å². The Kier molecular flexibility index (Phi) is 9.36. The minimum absolute atomic E-state index is 0.0194. The normalized spacial score (nSPS) is 15.4. The van der Waals surface area contributed by atoms with E-state index in [2.05, 4.69) is 15.5 Å². The number of urea groups is 1. The molecule has 3 aromatic carbocycles. The van der Waals surface area contributed by atoms with E-state index < -0.39 is 0 Å². The highest BCUT2D eigenvalue weighted by molar-refractivity contribution is 5.95. The standard InChI is InChI=1S/C33H38FN5O3/c1-24-5-4-8-29(21-24)36-33(42)38-19-17-37(18-20-38)30-15-13-28(14-16-30)35-31(40)23-39(32(41)26-6-2-3-7-26)22-25-9-11-27(34)12-10-25/h4-5,8-16,21,26H,2-3,6-7,17-20,22-23H2,1H3,(H,35,40)(H,36,42). The maximum atomic E-state index is 13.4. The molecule has 0 spiro atoms. The largest absolute Gasteiger partial charge is 0.368 e. The molecule has 0 bridgehead atoms. The highest BCUT2D eigenvalue weighted by atomic mass is 19.1. The number of nitrogens with one attached hydrogen (secondary N) is 2. The molecule has 1 saturated carbocycles. The minimum Gasteiger partial charge on any atom is -0.368 e. The van der Waals surface area contributed by atoms with Crippen molar-refractivity contribution in [1.29, 1.82) is 0 Å². The van der Waals surface area contributed by atoms with E-state index >= 15 is 0 Å². The lowest BCUT2D eigenvalue weighted by atomic mass is 10.1. The van der Waals surface area contributed by atoms with Gasteiger partial charge in [-0.1, -0.05) is 37.1 Å². The van der Waals surface area contributed by atoms with Crippen LogP contribution in [-0.2, 0) is 16.1 Å². The molecular formula is C33H38FN5O3. The van der Waals surface area contributed by atoms with E-state index in [9.17, 15) is 18.8 Å². The third-order valence-electron chi connectivity index (χ3n) is 7.99. The van der Waals surface area contributed by atoms with Crippen molar-refractivity contribution in [3.8, 4) is 0 Å². The Hall–Kier alpha value is -4.40. The summed E-state index contributed by atoms with van der Waals surface area (Å²) in [6.45, 7) is 4.80. The number of aryl methyl sites for hydroxylation is 1. The fraction of sp³-hybridized carbons (Fsp3) is 0.364. The van der Waals surface area contributed by atoms with Crippen LogP contribution in [0.5, 0.6) is 0 Å². The SMILES string of the molecule is Cc1cccc(NC(=O)N2CCN(c3ccc(NC(=O)CN(Cc4ccc(F)cc4)C(=O)C4CCCC4)cc3)CC2)c1. The average Bonchev–Trinajstić information content (AvgIpc) is 3.53. The van der Waals surface area contributed by atoms with Gasteiger partial charge in [-0.25, -0.2) is 9.18 Å². The molecule has 1 aliphatic carbocycles. The van der Waals surface area contributed by atoms with Gasteiger partial charge in [-0.3, -0.25) is 9.59 Å². The van der Waals surface area contributed by atoms with Crippen LogP contribution >= 0.6 is 0 Å². The number of halogens is 1. The van der Waals surface area contributed by atoms with Crippen molar-refractivity contribution >= 4 is 34.9 Å². The summed E-state index contributed by atoms with van der Waals surface area (Å²) in [5.41, 5.74) is 4.34. The lowest BCUT2D eigenvalue weighted by molar-refractivity contribution is -0.138. The first-order chi connectivity index (χ1) is 20.3. The van der Waals surface area contributed by atoms with E-state index in [1.807, 2.05) is 60.4 Å². The van der Waals surface area contributed by atoms with Gasteiger partial charge in [-0.15, -0.1) is 0 Å². The summed E-state index contributed by atoms with van der Waals surface area (Å²) in [7, 11) is 0. The van der Waals surface area contributed by atoms with Gasteiger partial charge in [-0.2, -0.15) is 0 Å². The van der Waals surface area contributed by atoms with Crippen molar-refractivity contribution in [2.45, 2.75) is 39.2 Å². The number of piperazine rings is 1. The number of anilines is 3. The maximum Gasteiger partial charge on any atom is 0.321 e. The molecule has 2 aliphatic rings. The van der Waals surface area contributed by atoms with Gasteiger partial charge in [0, 0.05) is 55.7 Å². The monoisotopic (exact) mass is 571 g/mol. The molecule has 8 nitrogen and oxygen atoms in total. The van der Waals surface area contributed by atoms with E-state index in [4.69, 9.17) is 0 Å². The van der Waals surface area contributed by atoms with Gasteiger partial charge in [0.2, 0.25) is 11.8 Å². The van der Waals surface area contributed by atoms with Gasteiger partial charge < -0.3 is 25.3 Å². The molecular weight excluding hydrogens is 533 g/mol. The summed E-state index contributed by atoms with van der Waals surface area (Å²) in [5.74, 6) is -0.691. The highest BCUT2D eigenvalue weighted by Crippen LogP contribution is 2.27. The third-order valence-corrected chi connectivity index (χ3v) is 7.99. The molecule has 0 atom stereocenters. The lowest BCUT2D eigenvalue weighted by Crippen LogP contribution is -2.50. The van der Waals surface area contributed by atoms with Crippen molar-refractivity contribution in [2.24, 2.45) is 5.92 Å². The summed E-state index contributed by atoms with van der Waals surface area (Å²) in [6, 6.07) is 21.3. The molecule has 42 heavy (non-hydrogen) atoms. The Morgan fingerprint density at radius 3 is 2.21 bits per heavy atom. The van der Waals surface area contributed by atoms with Crippen LogP contribution in [0.15, 0.2) is 72.8 Å². The number of amides is 4. The summed E-state index contributed by atoms with van der Waals surface area (Å²) < 4.78 is 13.4. The van der Waals surface area contributed by atoms with Gasteiger partial charge in [0.25, 0.3) is 0 Å². The van der Waals surface area contributed by atoms with Crippen LogP contribution < -0.4 is 15.5 Å². The quantitative estimate of drug-likeness (QED) is 0.366. The van der Waals surface area contributed by atoms with Gasteiger partial charge in [-0.05, 0) is 79.4 Å². The van der Waals surface area contributed by atoms with Crippen LogP contribution in [0.4, 0.5) is 26.2 Å². The molecule has 1 saturated heterocycles. The second kappa shape index (κ2) is 13.5. The predicted octanol–water partition coefficient (Wildman–Crippen LogP) is 5.65. The molecule has 1 aliphatic heterocycles. The van der Waals surface area contributed by atoms with Crippen LogP contribution in [0.2, 0.25) is 0 Å². The lowest BCUT2D eigenvalue weighted by Gasteiger charge is -2.36. The topological polar surface area (TPSA) is 85.0 Å². The van der Waals surface area contributed by atoms with E-state index in [0.29, 0.717) is 31.9 Å². The zero-order valence-electron chi connectivity index (χ0n) is 24.0. The maximum absolute atomic E-state index is 13.4. The highest BCUT2D eigenvalue weighted by Gasteiger charge is 2.29. The van der Waals surface area contributed by atoms with Gasteiger partial charge in [0.05, 0.1) is 0 Å². The zero-order chi connectivity index (χ0) is 29.5. The molecule has 0 aromatic heterocycles. The summed E-state index contributed by atoms with van der Waals surface area (Å²) in [6.07, 6.45) is 3.73. The van der Waals surface area contributed by atoms with Crippen molar-refractivity contribution in [3.05, 3.63) is 89.7 Å². The van der Waals surface area contributed by atoms with E-state index in [1.54, 1.807) is 17.0 Å². The Balaban J connectivity index is 1.13. The fourth-order valence-electron chi connectivity index (χ4n) is 5.68. The Labute approximate surface area is 246 Å². The third kappa shape index (κ3) is 7.66. The second-order valence-corrected chi connectivity index (χ2v) is 11.2. The number of carbonyl (C=O) groups excluding carboxylic acids is 3. The van der Waals surface area contributed by atoms with Gasteiger partial charge in [0.1, 0.15) is 12.4 Å². The van der Waals surface area contributed by atoms with E-state index in [1.165, 1.54) is 12.1 Å². The zero-order valence-corrected chi connectivity index (χ0v) is 24.0. The molecule has 5 rings (SSSR count). The van der Waals surface area contributed by atoms with Gasteiger partial charge in [0.15, 0.2) is 0 Å². The first-order valence-corrected chi connectivity index (χ1v) is 14.6. The van der Waals surface area contributed by atoms with Crippen molar-refractivity contribution in [2.75, 3.05) is 48.3 Å². The Bertz CT molecular complexity index is 1380. The number of hydrogen-bond acceptors (Lipinski definition) is 4. The number of hydrogen-bond donors (Lipinski definition) is 2. The molecule has 0 unspecified atom stereocenters. The van der Waals surface area contributed by atoms with Crippen LogP contribution in [0.25, 0.3) is 0 Å². The van der Waals surface area contributed by atoms with Crippen molar-refractivity contribution in [3.63, 3.8) is 0 Å². The van der Waals surface area contributed by atoms with Crippen molar-refractivity contribution in [1.82, 2.24) is 9.80 Å². The molecule has 9 heteroatoms. The minimum atomic E-state index is -0.334. The number of rotatable bonds is 8. The molecule has 4 amide bonds. The number of carbonyl (C=O) groups is 3. The molecule has 220 valence electrons. The van der Waals surface area contributed by atoms with Gasteiger partial charge >= 0.3 is 6.03 Å². The van der Waals surface area contributed by atoms with Crippen LogP contribution in [-0.4, -0.2) is 60.4 Å². The Morgan fingerprint density at radius 1 is 0.857 bits per heavy atom. The van der Waals surface area contributed by atoms with E-state index in [-0.39, 0.29) is 42.7 Å². The number of benzene rings is 3. The summed E-state index contributed by atoms with van der Waals surface area (Å²) in [5, 5.41) is 5.89. The first-order valence-electron chi connectivity index (χ1n) is 14.6. The Morgan fingerprint density at radius 2 is 1.55 bits per heavy atom. The predicted molar refractivity (Wildman–Crippen MR) is 163 cm³/mol. The van der Waals surface area contributed by atoms with Crippen molar-refractivity contribution < 1.29 is 18.8 Å². The molecule has 2 N–H and O–H groups in total. The smallest absolute Gasteiger partial charge is 0.321 e. The fourth-order valence-corrected chi connectivity index (χ4v) is 5.68. The first kappa shape index (κ1) is 29.1. The average molecular weight is 572 g/mol. The molecule has 1 heterocycles. The molecule has 2 fully saturated rings.